The summed E-state index contributed by atoms with van der Waals surface area (Å²) in [6.07, 6.45) is 3.96. The first-order valence-corrected chi connectivity index (χ1v) is 6.52. The van der Waals surface area contributed by atoms with Crippen LogP contribution in [0.3, 0.4) is 0 Å². The molecule has 3 aromatic rings. The maximum absolute atomic E-state index is 13.7. The summed E-state index contributed by atoms with van der Waals surface area (Å²) in [5.74, 6) is -0.402. The van der Waals surface area contributed by atoms with Crippen LogP contribution in [-0.2, 0) is 13.0 Å². The summed E-state index contributed by atoms with van der Waals surface area (Å²) in [7, 11) is 0. The molecule has 0 aromatic carbocycles. The van der Waals surface area contributed by atoms with E-state index < -0.39 is 5.82 Å². The highest BCUT2D eigenvalue weighted by Gasteiger charge is 2.23. The third kappa shape index (κ3) is 2.04. The lowest BCUT2D eigenvalue weighted by Gasteiger charge is -2.23. The Kier molecular flexibility index (Phi) is 2.66. The van der Waals surface area contributed by atoms with E-state index in [1.54, 1.807) is 6.33 Å². The second-order valence-corrected chi connectivity index (χ2v) is 4.72. The van der Waals surface area contributed by atoms with E-state index in [0.29, 0.717) is 12.6 Å². The first-order chi connectivity index (χ1) is 10.3. The van der Waals surface area contributed by atoms with Crippen LogP contribution in [-0.4, -0.2) is 31.7 Å². The van der Waals surface area contributed by atoms with Crippen molar-refractivity contribution in [2.24, 2.45) is 0 Å². The molecule has 1 N–H and O–H groups in total. The predicted octanol–water partition coefficient (Wildman–Crippen LogP) is 1.56. The quantitative estimate of drug-likeness (QED) is 0.769. The highest BCUT2D eigenvalue weighted by atomic mass is 19.1. The van der Waals surface area contributed by atoms with Gasteiger partial charge in [-0.15, -0.1) is 5.10 Å². The van der Waals surface area contributed by atoms with Crippen LogP contribution in [0.1, 0.15) is 11.4 Å². The smallest absolute Gasteiger partial charge is 0.318 e. The highest BCUT2D eigenvalue weighted by molar-refractivity contribution is 5.48. The van der Waals surface area contributed by atoms with Crippen LogP contribution >= 0.6 is 0 Å². The van der Waals surface area contributed by atoms with Crippen LogP contribution in [0.5, 0.6) is 0 Å². The van der Waals surface area contributed by atoms with Gasteiger partial charge >= 0.3 is 6.01 Å². The van der Waals surface area contributed by atoms with Crippen molar-refractivity contribution in [1.82, 2.24) is 25.1 Å². The van der Waals surface area contributed by atoms with E-state index in [1.807, 2.05) is 4.90 Å². The van der Waals surface area contributed by atoms with Crippen LogP contribution < -0.4 is 4.90 Å². The number of anilines is 1. The second-order valence-electron chi connectivity index (χ2n) is 4.72. The maximum atomic E-state index is 13.7. The van der Waals surface area contributed by atoms with Gasteiger partial charge in [0.05, 0.1) is 24.3 Å². The van der Waals surface area contributed by atoms with Gasteiger partial charge in [0.1, 0.15) is 0 Å². The fraction of sp³-hybridized carbons (Fsp3) is 0.231. The number of imidazole rings is 1. The number of fused-ring (bicyclic) bond motifs is 1. The molecule has 0 fully saturated rings. The van der Waals surface area contributed by atoms with E-state index >= 15 is 0 Å². The Balaban J connectivity index is 1.62. The van der Waals surface area contributed by atoms with Crippen molar-refractivity contribution in [2.45, 2.75) is 13.0 Å². The van der Waals surface area contributed by atoms with Gasteiger partial charge in [0.25, 0.3) is 5.89 Å². The molecule has 0 radical (unpaired) electrons. The Hall–Kier alpha value is -2.77. The fourth-order valence-electron chi connectivity index (χ4n) is 2.36. The van der Waals surface area contributed by atoms with E-state index in [0.717, 1.165) is 24.4 Å². The number of pyridine rings is 1. The molecule has 4 rings (SSSR count). The zero-order valence-corrected chi connectivity index (χ0v) is 11.0. The van der Waals surface area contributed by atoms with Gasteiger partial charge in [0, 0.05) is 19.2 Å². The van der Waals surface area contributed by atoms with Crippen molar-refractivity contribution < 1.29 is 8.81 Å². The third-order valence-electron chi connectivity index (χ3n) is 3.42. The van der Waals surface area contributed by atoms with Gasteiger partial charge < -0.3 is 14.3 Å². The molecule has 4 heterocycles. The largest absolute Gasteiger partial charge is 0.401 e. The normalized spacial score (nSPS) is 14.2. The van der Waals surface area contributed by atoms with Gasteiger partial charge in [-0.2, -0.15) is 0 Å². The minimum Gasteiger partial charge on any atom is -0.401 e. The van der Waals surface area contributed by atoms with Gasteiger partial charge in [-0.25, -0.2) is 14.4 Å². The number of nitrogens with zero attached hydrogens (tertiary/aromatic N) is 5. The van der Waals surface area contributed by atoms with Crippen LogP contribution in [0.2, 0.25) is 0 Å². The van der Waals surface area contributed by atoms with Gasteiger partial charge in [-0.1, -0.05) is 5.10 Å². The fourth-order valence-corrected chi connectivity index (χ4v) is 2.36. The van der Waals surface area contributed by atoms with Gasteiger partial charge in [0.15, 0.2) is 11.5 Å². The minimum atomic E-state index is -0.484. The van der Waals surface area contributed by atoms with E-state index in [-0.39, 0.29) is 11.6 Å². The van der Waals surface area contributed by atoms with Crippen molar-refractivity contribution in [3.63, 3.8) is 0 Å². The van der Waals surface area contributed by atoms with E-state index in [9.17, 15) is 4.39 Å². The Morgan fingerprint density at radius 3 is 3.14 bits per heavy atom. The molecule has 0 unspecified atom stereocenters. The zero-order chi connectivity index (χ0) is 14.2. The Morgan fingerprint density at radius 1 is 1.29 bits per heavy atom. The summed E-state index contributed by atoms with van der Waals surface area (Å²) in [5.41, 5.74) is 2.15. The number of H-pyrrole nitrogens is 1. The molecule has 0 amide bonds. The summed E-state index contributed by atoms with van der Waals surface area (Å²) in [4.78, 5) is 13.2. The predicted molar refractivity (Wildman–Crippen MR) is 70.8 cm³/mol. The van der Waals surface area contributed by atoms with Crippen LogP contribution in [0.25, 0.3) is 11.6 Å². The third-order valence-corrected chi connectivity index (χ3v) is 3.42. The SMILES string of the molecule is Fc1cccnc1-c1nnc(N2CCc3nc[nH]c3C2)o1. The standard InChI is InChI=1S/C13H11FN6O/c14-8-2-1-4-15-11(8)12-18-19-13(21-12)20-5-3-9-10(6-20)17-7-16-9/h1-2,4,7H,3,5-6H2,(H,16,17). The number of hydrogen-bond acceptors (Lipinski definition) is 6. The molecule has 106 valence electrons. The summed E-state index contributed by atoms with van der Waals surface area (Å²) in [5, 5.41) is 7.86. The summed E-state index contributed by atoms with van der Waals surface area (Å²) in [6.45, 7) is 1.34. The van der Waals surface area contributed by atoms with Gasteiger partial charge in [-0.05, 0) is 12.1 Å². The van der Waals surface area contributed by atoms with Crippen molar-refractivity contribution in [3.8, 4) is 11.6 Å². The Labute approximate surface area is 118 Å². The van der Waals surface area contributed by atoms with E-state index in [4.69, 9.17) is 4.42 Å². The number of hydrogen-bond donors (Lipinski definition) is 1. The zero-order valence-electron chi connectivity index (χ0n) is 11.0. The number of rotatable bonds is 2. The van der Waals surface area contributed by atoms with Crippen molar-refractivity contribution in [3.05, 3.63) is 41.9 Å². The van der Waals surface area contributed by atoms with Crippen LogP contribution in [0.4, 0.5) is 10.4 Å². The molecule has 21 heavy (non-hydrogen) atoms. The number of nitrogens with one attached hydrogen (secondary N) is 1. The number of aromatic nitrogens is 5. The lowest BCUT2D eigenvalue weighted by Crippen LogP contribution is -2.30. The molecule has 1 aliphatic heterocycles. The highest BCUT2D eigenvalue weighted by Crippen LogP contribution is 2.25. The average molecular weight is 286 g/mol. The molecule has 0 spiro atoms. The molecule has 0 bridgehead atoms. The van der Waals surface area contributed by atoms with Gasteiger partial charge in [-0.3, -0.25) is 0 Å². The lowest BCUT2D eigenvalue weighted by atomic mass is 10.1. The van der Waals surface area contributed by atoms with Gasteiger partial charge in [0.2, 0.25) is 0 Å². The van der Waals surface area contributed by atoms with Crippen LogP contribution in [0.15, 0.2) is 29.1 Å². The summed E-state index contributed by atoms with van der Waals surface area (Å²) >= 11 is 0. The van der Waals surface area contributed by atoms with Crippen molar-refractivity contribution in [2.75, 3.05) is 11.4 Å². The maximum Gasteiger partial charge on any atom is 0.318 e. The average Bonchev–Trinajstić information content (AvgIpc) is 3.16. The molecule has 0 atom stereocenters. The molecular weight excluding hydrogens is 275 g/mol. The van der Waals surface area contributed by atoms with E-state index in [2.05, 4.69) is 25.1 Å². The number of halogens is 1. The molecule has 1 aliphatic rings. The Morgan fingerprint density at radius 2 is 2.24 bits per heavy atom. The second kappa shape index (κ2) is 4.65. The van der Waals surface area contributed by atoms with Crippen molar-refractivity contribution >= 4 is 6.01 Å². The van der Waals surface area contributed by atoms with Crippen LogP contribution in [0, 0.1) is 5.82 Å². The molecule has 3 aromatic heterocycles. The molecule has 0 saturated heterocycles. The minimum absolute atomic E-state index is 0.0653. The topological polar surface area (TPSA) is 83.7 Å². The first-order valence-electron chi connectivity index (χ1n) is 6.52. The monoisotopic (exact) mass is 286 g/mol. The molecule has 8 heteroatoms. The number of aromatic amines is 1. The van der Waals surface area contributed by atoms with Crippen molar-refractivity contribution in [1.29, 1.82) is 0 Å². The lowest BCUT2D eigenvalue weighted by molar-refractivity contribution is 0.523. The molecule has 7 nitrogen and oxygen atoms in total. The summed E-state index contributed by atoms with van der Waals surface area (Å²) < 4.78 is 19.2. The first kappa shape index (κ1) is 12.0. The summed E-state index contributed by atoms with van der Waals surface area (Å²) in [6, 6.07) is 3.18. The molecule has 0 saturated carbocycles. The van der Waals surface area contributed by atoms with E-state index in [1.165, 1.54) is 18.3 Å². The molecule has 0 aliphatic carbocycles. The molecular formula is C13H11FN6O. The Bertz CT molecular complexity index is 782.